The average molecular weight is 437 g/mol. The van der Waals surface area contributed by atoms with Gasteiger partial charge >= 0.3 is 0 Å². The van der Waals surface area contributed by atoms with Gasteiger partial charge in [-0.05, 0) is 74.1 Å². The number of hydrogen-bond acceptors (Lipinski definition) is 4. The lowest BCUT2D eigenvalue weighted by atomic mass is 9.72. The van der Waals surface area contributed by atoms with E-state index in [1.165, 1.54) is 44.9 Å². The maximum Gasteiger partial charge on any atom is 0.254 e. The van der Waals surface area contributed by atoms with Gasteiger partial charge in [-0.25, -0.2) is 0 Å². The molecule has 1 amide bonds. The highest BCUT2D eigenvalue weighted by atomic mass is 16.7. The molecule has 180 valence electrons. The molecule has 0 aromatic rings. The summed E-state index contributed by atoms with van der Waals surface area (Å²) in [6.45, 7) is 15.0. The summed E-state index contributed by atoms with van der Waals surface area (Å²) in [5.74, 6) is 0.0937. The second kappa shape index (κ2) is 8.95. The molecule has 0 atom stereocenters. The van der Waals surface area contributed by atoms with Gasteiger partial charge < -0.3 is 10.1 Å². The summed E-state index contributed by atoms with van der Waals surface area (Å²) in [6.07, 6.45) is 14.5. The number of carbonyl (C=O) groups excluding carboxylic acids is 1. The van der Waals surface area contributed by atoms with Crippen LogP contribution in [0.1, 0.15) is 132 Å². The molecule has 0 aromatic carbocycles. The second-order valence-corrected chi connectivity index (χ2v) is 12.7. The first-order valence-electron chi connectivity index (χ1n) is 12.8. The van der Waals surface area contributed by atoms with Gasteiger partial charge in [-0.3, -0.25) is 9.63 Å². The summed E-state index contributed by atoms with van der Waals surface area (Å²) in [4.78, 5) is 20.0. The fourth-order valence-corrected chi connectivity index (χ4v) is 6.35. The normalized spacial score (nSPS) is 29.3. The standard InChI is InChI=1S/C26H48N2O3/c1-22(2,3)31-28-23(4,5)19-25(20-24(28,6)7)21(29)27-26(30-25)17-15-13-11-9-8-10-12-14-16-18-26/h8-20H2,1-7H3,(H,27,29). The van der Waals surface area contributed by atoms with Crippen LogP contribution in [0.4, 0.5) is 0 Å². The summed E-state index contributed by atoms with van der Waals surface area (Å²) in [6, 6.07) is 0. The molecular weight excluding hydrogens is 388 g/mol. The van der Waals surface area contributed by atoms with E-state index in [0.29, 0.717) is 12.8 Å². The number of nitrogens with zero attached hydrogens (tertiary/aromatic N) is 1. The number of amides is 1. The van der Waals surface area contributed by atoms with Crippen LogP contribution in [0.5, 0.6) is 0 Å². The van der Waals surface area contributed by atoms with Gasteiger partial charge in [0.2, 0.25) is 0 Å². The fourth-order valence-electron chi connectivity index (χ4n) is 6.35. The van der Waals surface area contributed by atoms with E-state index in [9.17, 15) is 4.79 Å². The van der Waals surface area contributed by atoms with Gasteiger partial charge in [-0.15, -0.1) is 0 Å². The van der Waals surface area contributed by atoms with Crippen molar-refractivity contribution >= 4 is 5.91 Å². The molecule has 0 radical (unpaired) electrons. The third-order valence-corrected chi connectivity index (χ3v) is 7.21. The van der Waals surface area contributed by atoms with Crippen molar-refractivity contribution in [3.63, 3.8) is 0 Å². The van der Waals surface area contributed by atoms with Crippen molar-refractivity contribution in [2.45, 2.75) is 160 Å². The van der Waals surface area contributed by atoms with Gasteiger partial charge in [-0.1, -0.05) is 44.9 Å². The molecule has 1 N–H and O–H groups in total. The predicted octanol–water partition coefficient (Wildman–Crippen LogP) is 6.26. The van der Waals surface area contributed by atoms with E-state index < -0.39 is 11.3 Å². The van der Waals surface area contributed by atoms with Gasteiger partial charge in [-0.2, -0.15) is 5.06 Å². The number of hydroxylamine groups is 2. The number of rotatable bonds is 1. The Hall–Kier alpha value is -0.650. The third kappa shape index (κ3) is 5.83. The molecule has 31 heavy (non-hydrogen) atoms. The fraction of sp³-hybridized carbons (Fsp3) is 0.962. The highest BCUT2D eigenvalue weighted by Gasteiger charge is 2.64. The van der Waals surface area contributed by atoms with E-state index >= 15 is 0 Å². The van der Waals surface area contributed by atoms with E-state index in [0.717, 1.165) is 25.7 Å². The average Bonchev–Trinajstić information content (AvgIpc) is 2.84. The van der Waals surface area contributed by atoms with Gasteiger partial charge in [0.1, 0.15) is 5.72 Å². The first-order chi connectivity index (χ1) is 14.3. The van der Waals surface area contributed by atoms with Crippen LogP contribution in [0.2, 0.25) is 0 Å². The van der Waals surface area contributed by atoms with E-state index in [4.69, 9.17) is 9.57 Å². The topological polar surface area (TPSA) is 50.8 Å². The van der Waals surface area contributed by atoms with Gasteiger partial charge in [0.15, 0.2) is 5.60 Å². The molecule has 0 unspecified atom stereocenters. The molecule has 0 aromatic heterocycles. The zero-order valence-corrected chi connectivity index (χ0v) is 21.4. The zero-order valence-electron chi connectivity index (χ0n) is 21.4. The quantitative estimate of drug-likeness (QED) is 0.527. The molecule has 3 aliphatic rings. The van der Waals surface area contributed by atoms with Crippen molar-refractivity contribution in [1.29, 1.82) is 0 Å². The maximum absolute atomic E-state index is 13.6. The highest BCUT2D eigenvalue weighted by molar-refractivity contribution is 5.88. The van der Waals surface area contributed by atoms with E-state index in [-0.39, 0.29) is 22.6 Å². The molecule has 2 aliphatic heterocycles. The lowest BCUT2D eigenvalue weighted by Gasteiger charge is -2.57. The largest absolute Gasteiger partial charge is 0.339 e. The van der Waals surface area contributed by atoms with Crippen LogP contribution in [0, 0.1) is 0 Å². The SMILES string of the molecule is CC(C)(C)ON1C(C)(C)CC2(CC1(C)C)OC1(CCCCCCCCCCC1)NC2=O. The molecule has 1 saturated carbocycles. The van der Waals surface area contributed by atoms with Crippen molar-refractivity contribution in [3.8, 4) is 0 Å². The van der Waals surface area contributed by atoms with Crippen molar-refractivity contribution in [2.75, 3.05) is 0 Å². The van der Waals surface area contributed by atoms with Gasteiger partial charge in [0, 0.05) is 23.9 Å². The van der Waals surface area contributed by atoms with E-state index in [1.807, 2.05) is 0 Å². The Bertz CT molecular complexity index is 605. The van der Waals surface area contributed by atoms with Crippen LogP contribution in [0.25, 0.3) is 0 Å². The lowest BCUT2D eigenvalue weighted by Crippen LogP contribution is -2.68. The van der Waals surface area contributed by atoms with Crippen LogP contribution in [0.3, 0.4) is 0 Å². The van der Waals surface area contributed by atoms with Crippen molar-refractivity contribution in [1.82, 2.24) is 10.4 Å². The molecule has 3 rings (SSSR count). The van der Waals surface area contributed by atoms with Crippen LogP contribution in [0.15, 0.2) is 0 Å². The predicted molar refractivity (Wildman–Crippen MR) is 126 cm³/mol. The van der Waals surface area contributed by atoms with Crippen LogP contribution in [-0.2, 0) is 14.4 Å². The monoisotopic (exact) mass is 436 g/mol. The summed E-state index contributed by atoms with van der Waals surface area (Å²) in [7, 11) is 0. The molecule has 1 aliphatic carbocycles. The highest BCUT2D eigenvalue weighted by Crippen LogP contribution is 2.51. The first-order valence-corrected chi connectivity index (χ1v) is 12.8. The minimum atomic E-state index is -0.776. The Morgan fingerprint density at radius 3 is 1.65 bits per heavy atom. The molecule has 5 nitrogen and oxygen atoms in total. The molecule has 2 saturated heterocycles. The maximum atomic E-state index is 13.6. The van der Waals surface area contributed by atoms with E-state index in [1.54, 1.807) is 0 Å². The van der Waals surface area contributed by atoms with Crippen molar-refractivity contribution in [2.24, 2.45) is 0 Å². The number of ether oxygens (including phenoxy) is 1. The van der Waals surface area contributed by atoms with Crippen molar-refractivity contribution < 1.29 is 14.4 Å². The Morgan fingerprint density at radius 1 is 0.806 bits per heavy atom. The zero-order chi connectivity index (χ0) is 23.0. The van der Waals surface area contributed by atoms with E-state index in [2.05, 4.69) is 58.8 Å². The smallest absolute Gasteiger partial charge is 0.254 e. The Labute approximate surface area is 190 Å². The Balaban J connectivity index is 1.82. The van der Waals surface area contributed by atoms with Gasteiger partial charge in [0.05, 0.1) is 5.60 Å². The summed E-state index contributed by atoms with van der Waals surface area (Å²) in [5.41, 5.74) is -2.18. The molecule has 3 fully saturated rings. The molecular formula is C26H48N2O3. The molecule has 2 heterocycles. The molecule has 0 bridgehead atoms. The van der Waals surface area contributed by atoms with Crippen LogP contribution in [-0.4, -0.2) is 39.0 Å². The number of piperidine rings is 1. The summed E-state index contributed by atoms with van der Waals surface area (Å²) in [5, 5.41) is 5.53. The number of nitrogens with one attached hydrogen (secondary N) is 1. The van der Waals surface area contributed by atoms with Crippen molar-refractivity contribution in [3.05, 3.63) is 0 Å². The number of carbonyl (C=O) groups is 1. The first kappa shape index (κ1) is 25.0. The summed E-state index contributed by atoms with van der Waals surface area (Å²) < 4.78 is 6.94. The van der Waals surface area contributed by atoms with Crippen LogP contribution < -0.4 is 5.32 Å². The minimum Gasteiger partial charge on any atom is -0.339 e. The number of hydrogen-bond donors (Lipinski definition) is 1. The third-order valence-electron chi connectivity index (χ3n) is 7.21. The molecule has 5 heteroatoms. The van der Waals surface area contributed by atoms with Crippen LogP contribution >= 0.6 is 0 Å². The summed E-state index contributed by atoms with van der Waals surface area (Å²) >= 11 is 0. The Morgan fingerprint density at radius 2 is 1.23 bits per heavy atom. The Kier molecular flexibility index (Phi) is 7.21. The second-order valence-electron chi connectivity index (χ2n) is 12.7. The minimum absolute atomic E-state index is 0.0937. The molecule has 2 spiro atoms. The van der Waals surface area contributed by atoms with Gasteiger partial charge in [0.25, 0.3) is 5.91 Å². The lowest BCUT2D eigenvalue weighted by molar-refractivity contribution is -0.344.